The first kappa shape index (κ1) is 11.4. The molecule has 1 aromatic heterocycles. The molecular weight excluding hydrogens is 198 g/mol. The van der Waals surface area contributed by atoms with Crippen LogP contribution in [0.5, 0.6) is 5.75 Å². The molecule has 1 saturated carbocycles. The SMILES string of the molecule is CCc1ncc(OC2CC2)cc1C(C)(C)C. The number of ether oxygens (including phenoxy) is 1. The average molecular weight is 219 g/mol. The van der Waals surface area contributed by atoms with Crippen molar-refractivity contribution in [1.29, 1.82) is 0 Å². The van der Waals surface area contributed by atoms with E-state index in [1.54, 1.807) is 0 Å². The largest absolute Gasteiger partial charge is 0.489 e. The van der Waals surface area contributed by atoms with Gasteiger partial charge in [0.1, 0.15) is 5.75 Å². The molecule has 0 amide bonds. The maximum Gasteiger partial charge on any atom is 0.138 e. The van der Waals surface area contributed by atoms with Crippen LogP contribution in [0.3, 0.4) is 0 Å². The van der Waals surface area contributed by atoms with Crippen LogP contribution in [0.25, 0.3) is 0 Å². The van der Waals surface area contributed by atoms with Crippen LogP contribution in [0.4, 0.5) is 0 Å². The lowest BCUT2D eigenvalue weighted by Crippen LogP contribution is -2.15. The van der Waals surface area contributed by atoms with Crippen molar-refractivity contribution in [3.8, 4) is 5.75 Å². The van der Waals surface area contributed by atoms with Crippen LogP contribution < -0.4 is 4.74 Å². The number of aryl methyl sites for hydroxylation is 1. The normalized spacial score (nSPS) is 16.2. The lowest BCUT2D eigenvalue weighted by Gasteiger charge is -2.22. The minimum atomic E-state index is 0.140. The zero-order valence-corrected chi connectivity index (χ0v) is 10.7. The summed E-state index contributed by atoms with van der Waals surface area (Å²) in [4.78, 5) is 4.52. The molecule has 0 N–H and O–H groups in total. The first-order chi connectivity index (χ1) is 7.50. The van der Waals surface area contributed by atoms with Gasteiger partial charge < -0.3 is 4.74 Å². The van der Waals surface area contributed by atoms with Crippen LogP contribution in [0.2, 0.25) is 0 Å². The van der Waals surface area contributed by atoms with Gasteiger partial charge in [-0.2, -0.15) is 0 Å². The van der Waals surface area contributed by atoms with Gasteiger partial charge in [-0.05, 0) is 36.3 Å². The summed E-state index contributed by atoms with van der Waals surface area (Å²) in [5.41, 5.74) is 2.64. The van der Waals surface area contributed by atoms with Gasteiger partial charge in [-0.15, -0.1) is 0 Å². The predicted octanol–water partition coefficient (Wildman–Crippen LogP) is 3.48. The molecule has 1 aliphatic rings. The Morgan fingerprint density at radius 3 is 2.56 bits per heavy atom. The van der Waals surface area contributed by atoms with Gasteiger partial charge in [-0.3, -0.25) is 4.98 Å². The Morgan fingerprint density at radius 1 is 1.38 bits per heavy atom. The van der Waals surface area contributed by atoms with Gasteiger partial charge in [0.25, 0.3) is 0 Å². The molecular formula is C14H21NO. The van der Waals surface area contributed by atoms with Crippen molar-refractivity contribution in [1.82, 2.24) is 4.98 Å². The van der Waals surface area contributed by atoms with E-state index in [0.29, 0.717) is 6.10 Å². The zero-order valence-electron chi connectivity index (χ0n) is 10.7. The summed E-state index contributed by atoms with van der Waals surface area (Å²) in [5.74, 6) is 0.935. The van der Waals surface area contributed by atoms with Crippen molar-refractivity contribution in [2.75, 3.05) is 0 Å². The zero-order chi connectivity index (χ0) is 11.8. The molecule has 2 rings (SSSR count). The molecule has 88 valence electrons. The maximum atomic E-state index is 5.80. The third-order valence-corrected chi connectivity index (χ3v) is 2.92. The maximum absolute atomic E-state index is 5.80. The monoisotopic (exact) mass is 219 g/mol. The predicted molar refractivity (Wildman–Crippen MR) is 66.0 cm³/mol. The highest BCUT2D eigenvalue weighted by Gasteiger charge is 2.25. The minimum Gasteiger partial charge on any atom is -0.489 e. The molecule has 0 unspecified atom stereocenters. The molecule has 0 radical (unpaired) electrons. The summed E-state index contributed by atoms with van der Waals surface area (Å²) in [6.45, 7) is 8.83. The van der Waals surface area contributed by atoms with Crippen LogP contribution in [-0.2, 0) is 11.8 Å². The van der Waals surface area contributed by atoms with E-state index in [9.17, 15) is 0 Å². The lowest BCUT2D eigenvalue weighted by atomic mass is 9.85. The Bertz CT molecular complexity index is 375. The van der Waals surface area contributed by atoms with E-state index in [1.807, 2.05) is 6.20 Å². The highest BCUT2D eigenvalue weighted by molar-refractivity contribution is 5.34. The molecule has 2 heteroatoms. The lowest BCUT2D eigenvalue weighted by molar-refractivity contribution is 0.300. The number of aromatic nitrogens is 1. The van der Waals surface area contributed by atoms with E-state index in [4.69, 9.17) is 4.74 Å². The fourth-order valence-corrected chi connectivity index (χ4v) is 1.85. The number of hydrogen-bond acceptors (Lipinski definition) is 2. The molecule has 1 aliphatic carbocycles. The van der Waals surface area contributed by atoms with Gasteiger partial charge >= 0.3 is 0 Å². The Balaban J connectivity index is 2.29. The first-order valence-corrected chi connectivity index (χ1v) is 6.16. The summed E-state index contributed by atoms with van der Waals surface area (Å²) in [6, 6.07) is 2.17. The van der Waals surface area contributed by atoms with Crippen LogP contribution in [-0.4, -0.2) is 11.1 Å². The van der Waals surface area contributed by atoms with Gasteiger partial charge in [-0.1, -0.05) is 27.7 Å². The van der Waals surface area contributed by atoms with Crippen LogP contribution in [0, 0.1) is 0 Å². The fraction of sp³-hybridized carbons (Fsp3) is 0.643. The van der Waals surface area contributed by atoms with Crippen LogP contribution >= 0.6 is 0 Å². The van der Waals surface area contributed by atoms with Crippen molar-refractivity contribution in [2.45, 2.75) is 58.5 Å². The second-order valence-corrected chi connectivity index (χ2v) is 5.59. The van der Waals surface area contributed by atoms with Gasteiger partial charge in [0, 0.05) is 5.69 Å². The molecule has 0 aromatic carbocycles. The van der Waals surface area contributed by atoms with E-state index in [1.165, 1.54) is 24.1 Å². The van der Waals surface area contributed by atoms with Crippen molar-refractivity contribution >= 4 is 0 Å². The summed E-state index contributed by atoms with van der Waals surface area (Å²) in [7, 11) is 0. The molecule has 2 nitrogen and oxygen atoms in total. The smallest absolute Gasteiger partial charge is 0.138 e. The average Bonchev–Trinajstić information content (AvgIpc) is 3.00. The topological polar surface area (TPSA) is 22.1 Å². The molecule has 0 spiro atoms. The van der Waals surface area contributed by atoms with E-state index < -0.39 is 0 Å². The highest BCUT2D eigenvalue weighted by atomic mass is 16.5. The Kier molecular flexibility index (Phi) is 2.92. The second kappa shape index (κ2) is 4.08. The molecule has 16 heavy (non-hydrogen) atoms. The summed E-state index contributed by atoms with van der Waals surface area (Å²) in [6.07, 6.45) is 5.69. The van der Waals surface area contributed by atoms with E-state index in [-0.39, 0.29) is 5.41 Å². The van der Waals surface area contributed by atoms with E-state index in [0.717, 1.165) is 12.2 Å². The van der Waals surface area contributed by atoms with Crippen molar-refractivity contribution in [3.63, 3.8) is 0 Å². The standard InChI is InChI=1S/C14H21NO/c1-5-13-12(14(2,3)4)8-11(9-15-13)16-10-6-7-10/h8-10H,5-7H2,1-4H3. The number of rotatable bonds is 3. The van der Waals surface area contributed by atoms with Gasteiger partial charge in [-0.25, -0.2) is 0 Å². The van der Waals surface area contributed by atoms with Crippen LogP contribution in [0.1, 0.15) is 51.8 Å². The van der Waals surface area contributed by atoms with Gasteiger partial charge in [0.05, 0.1) is 12.3 Å². The van der Waals surface area contributed by atoms with Crippen molar-refractivity contribution in [3.05, 3.63) is 23.5 Å². The first-order valence-electron chi connectivity index (χ1n) is 6.16. The molecule has 0 saturated heterocycles. The second-order valence-electron chi connectivity index (χ2n) is 5.59. The quantitative estimate of drug-likeness (QED) is 0.776. The van der Waals surface area contributed by atoms with E-state index in [2.05, 4.69) is 38.7 Å². The minimum absolute atomic E-state index is 0.140. The number of pyridine rings is 1. The molecule has 0 bridgehead atoms. The molecule has 0 atom stereocenters. The highest BCUT2D eigenvalue weighted by Crippen LogP contribution is 2.31. The molecule has 1 aromatic rings. The number of nitrogens with zero attached hydrogens (tertiary/aromatic N) is 1. The number of hydrogen-bond donors (Lipinski definition) is 0. The summed E-state index contributed by atoms with van der Waals surface area (Å²) in [5, 5.41) is 0. The Hall–Kier alpha value is -1.05. The Morgan fingerprint density at radius 2 is 2.06 bits per heavy atom. The molecule has 1 fully saturated rings. The van der Waals surface area contributed by atoms with Crippen LogP contribution in [0.15, 0.2) is 12.3 Å². The van der Waals surface area contributed by atoms with Crippen molar-refractivity contribution in [2.24, 2.45) is 0 Å². The summed E-state index contributed by atoms with van der Waals surface area (Å²) >= 11 is 0. The third-order valence-electron chi connectivity index (χ3n) is 2.92. The molecule has 1 heterocycles. The Labute approximate surface area is 98.0 Å². The van der Waals surface area contributed by atoms with Gasteiger partial charge in [0.15, 0.2) is 0 Å². The van der Waals surface area contributed by atoms with Crippen molar-refractivity contribution < 1.29 is 4.74 Å². The molecule has 0 aliphatic heterocycles. The third kappa shape index (κ3) is 2.55. The fourth-order valence-electron chi connectivity index (χ4n) is 1.85. The summed E-state index contributed by atoms with van der Waals surface area (Å²) < 4.78 is 5.80. The van der Waals surface area contributed by atoms with E-state index >= 15 is 0 Å². The van der Waals surface area contributed by atoms with Gasteiger partial charge in [0.2, 0.25) is 0 Å².